The van der Waals surface area contributed by atoms with Crippen molar-refractivity contribution in [2.45, 2.75) is 29.8 Å². The second kappa shape index (κ2) is 8.42. The first-order valence-electron chi connectivity index (χ1n) is 9.06. The van der Waals surface area contributed by atoms with Crippen molar-refractivity contribution in [2.75, 3.05) is 27.2 Å². The Kier molecular flexibility index (Phi) is 6.17. The maximum Gasteiger partial charge on any atom is 0.246 e. The average molecular weight is 409 g/mol. The van der Waals surface area contributed by atoms with Crippen LogP contribution in [0.3, 0.4) is 0 Å². The standard InChI is InChI=1S/C19H24FN3O4S/c1-22(2)16(17-9-6-12-27-17)13-21-19(24)15-8-5-11-23(15)28(25,26)18-10-4-3-7-14(18)20/h3-4,6-7,9-10,12,15-16H,5,8,11,13H2,1-2H3,(H,21,24)/t15-,16+/m1/s1. The van der Waals surface area contributed by atoms with Crippen LogP contribution in [0, 0.1) is 5.82 Å². The van der Waals surface area contributed by atoms with Crippen LogP contribution in [-0.2, 0) is 14.8 Å². The molecule has 2 heterocycles. The van der Waals surface area contributed by atoms with Crippen LogP contribution in [0.1, 0.15) is 24.6 Å². The molecular formula is C19H24FN3O4S. The molecule has 0 aliphatic carbocycles. The summed E-state index contributed by atoms with van der Waals surface area (Å²) in [5.41, 5.74) is 0. The number of furan rings is 1. The van der Waals surface area contributed by atoms with Gasteiger partial charge >= 0.3 is 0 Å². The van der Waals surface area contributed by atoms with E-state index in [2.05, 4.69) is 5.32 Å². The summed E-state index contributed by atoms with van der Waals surface area (Å²) in [5, 5.41) is 2.82. The third-order valence-corrected chi connectivity index (χ3v) is 6.84. The number of amides is 1. The lowest BCUT2D eigenvalue weighted by Gasteiger charge is -2.26. The normalized spacial score (nSPS) is 19.1. The molecule has 7 nitrogen and oxygen atoms in total. The first-order chi connectivity index (χ1) is 13.3. The predicted molar refractivity (Wildman–Crippen MR) is 101 cm³/mol. The molecule has 1 saturated heterocycles. The van der Waals surface area contributed by atoms with Crippen molar-refractivity contribution in [1.82, 2.24) is 14.5 Å². The van der Waals surface area contributed by atoms with Gasteiger partial charge in [0, 0.05) is 13.1 Å². The van der Waals surface area contributed by atoms with Gasteiger partial charge in [-0.15, -0.1) is 0 Å². The minimum absolute atomic E-state index is 0.183. The van der Waals surface area contributed by atoms with Gasteiger partial charge in [-0.2, -0.15) is 4.31 Å². The predicted octanol–water partition coefficient (Wildman–Crippen LogP) is 1.99. The second-order valence-electron chi connectivity index (χ2n) is 6.94. The van der Waals surface area contributed by atoms with E-state index >= 15 is 0 Å². The molecule has 1 aliphatic rings. The monoisotopic (exact) mass is 409 g/mol. The molecule has 1 fully saturated rings. The van der Waals surface area contributed by atoms with Gasteiger partial charge in [0.15, 0.2) is 0 Å². The van der Waals surface area contributed by atoms with Crippen LogP contribution in [0.2, 0.25) is 0 Å². The van der Waals surface area contributed by atoms with Crippen molar-refractivity contribution >= 4 is 15.9 Å². The molecule has 0 bridgehead atoms. The number of likely N-dealkylation sites (N-methyl/N-ethyl adjacent to an activating group) is 1. The summed E-state index contributed by atoms with van der Waals surface area (Å²) in [7, 11) is -0.363. The SMILES string of the molecule is CN(C)[C@@H](CNC(=O)[C@H]1CCCN1S(=O)(=O)c1ccccc1F)c1ccco1. The van der Waals surface area contributed by atoms with E-state index in [1.54, 1.807) is 12.3 Å². The minimum atomic E-state index is -4.09. The van der Waals surface area contributed by atoms with Crippen LogP contribution in [0.15, 0.2) is 52.0 Å². The number of nitrogens with one attached hydrogen (secondary N) is 1. The van der Waals surface area contributed by atoms with E-state index < -0.39 is 32.7 Å². The number of rotatable bonds is 7. The molecule has 1 aromatic heterocycles. The van der Waals surface area contributed by atoms with Crippen LogP contribution in [0.4, 0.5) is 4.39 Å². The number of nitrogens with zero attached hydrogens (tertiary/aromatic N) is 2. The lowest BCUT2D eigenvalue weighted by atomic mass is 10.2. The number of carbonyl (C=O) groups is 1. The lowest BCUT2D eigenvalue weighted by molar-refractivity contribution is -0.124. The van der Waals surface area contributed by atoms with Crippen LogP contribution < -0.4 is 5.32 Å². The second-order valence-corrected chi connectivity index (χ2v) is 8.80. The minimum Gasteiger partial charge on any atom is -0.468 e. The van der Waals surface area contributed by atoms with Crippen LogP contribution >= 0.6 is 0 Å². The highest BCUT2D eigenvalue weighted by Crippen LogP contribution is 2.28. The highest BCUT2D eigenvalue weighted by atomic mass is 32.2. The topological polar surface area (TPSA) is 82.9 Å². The molecule has 152 valence electrons. The summed E-state index contributed by atoms with van der Waals surface area (Å²) in [6, 6.07) is 7.76. The molecule has 1 amide bonds. The van der Waals surface area contributed by atoms with Gasteiger partial charge in [-0.05, 0) is 51.2 Å². The van der Waals surface area contributed by atoms with E-state index in [1.165, 1.54) is 18.2 Å². The highest BCUT2D eigenvalue weighted by Gasteiger charge is 2.40. The van der Waals surface area contributed by atoms with E-state index in [4.69, 9.17) is 4.42 Å². The van der Waals surface area contributed by atoms with Gasteiger partial charge in [0.05, 0.1) is 12.3 Å². The van der Waals surface area contributed by atoms with Crippen molar-refractivity contribution in [3.63, 3.8) is 0 Å². The van der Waals surface area contributed by atoms with Gasteiger partial charge in [-0.1, -0.05) is 12.1 Å². The van der Waals surface area contributed by atoms with Crippen LogP contribution in [0.5, 0.6) is 0 Å². The summed E-state index contributed by atoms with van der Waals surface area (Å²) in [6.45, 7) is 0.452. The van der Waals surface area contributed by atoms with Crippen LogP contribution in [0.25, 0.3) is 0 Å². The zero-order chi connectivity index (χ0) is 20.3. The van der Waals surface area contributed by atoms with E-state index in [0.29, 0.717) is 18.6 Å². The Morgan fingerprint density at radius 3 is 2.71 bits per heavy atom. The molecule has 0 radical (unpaired) electrons. The molecule has 2 aromatic rings. The number of carbonyl (C=O) groups excluding carboxylic acids is 1. The molecule has 1 aliphatic heterocycles. The highest BCUT2D eigenvalue weighted by molar-refractivity contribution is 7.89. The van der Waals surface area contributed by atoms with Gasteiger partial charge < -0.3 is 9.73 Å². The Morgan fingerprint density at radius 2 is 2.07 bits per heavy atom. The van der Waals surface area contributed by atoms with E-state index in [9.17, 15) is 17.6 Å². The summed E-state index contributed by atoms with van der Waals surface area (Å²) < 4.78 is 46.3. The number of sulfonamides is 1. The van der Waals surface area contributed by atoms with Gasteiger partial charge in [0.1, 0.15) is 22.5 Å². The fraction of sp³-hybridized carbons (Fsp3) is 0.421. The fourth-order valence-electron chi connectivity index (χ4n) is 3.40. The van der Waals surface area contributed by atoms with E-state index in [-0.39, 0.29) is 19.1 Å². The number of hydrogen-bond acceptors (Lipinski definition) is 5. The molecule has 0 spiro atoms. The van der Waals surface area contributed by atoms with Crippen molar-refractivity contribution < 1.29 is 22.0 Å². The molecule has 2 atom stereocenters. The largest absolute Gasteiger partial charge is 0.468 e. The summed E-state index contributed by atoms with van der Waals surface area (Å²) in [4.78, 5) is 14.3. The number of benzene rings is 1. The Morgan fingerprint density at radius 1 is 1.32 bits per heavy atom. The molecular weight excluding hydrogens is 385 g/mol. The molecule has 0 unspecified atom stereocenters. The Balaban J connectivity index is 1.74. The van der Waals surface area contributed by atoms with Crippen molar-refractivity contribution in [3.8, 4) is 0 Å². The molecule has 3 rings (SSSR count). The van der Waals surface area contributed by atoms with Gasteiger partial charge in [-0.3, -0.25) is 9.69 Å². The third-order valence-electron chi connectivity index (χ3n) is 4.89. The lowest BCUT2D eigenvalue weighted by Crippen LogP contribution is -2.47. The van der Waals surface area contributed by atoms with Gasteiger partial charge in [-0.25, -0.2) is 12.8 Å². The van der Waals surface area contributed by atoms with E-state index in [1.807, 2.05) is 25.1 Å². The maximum absolute atomic E-state index is 14.0. The quantitative estimate of drug-likeness (QED) is 0.756. The van der Waals surface area contributed by atoms with Crippen molar-refractivity contribution in [3.05, 3.63) is 54.2 Å². The van der Waals surface area contributed by atoms with Crippen LogP contribution in [-0.4, -0.2) is 56.8 Å². The molecule has 1 aromatic carbocycles. The smallest absolute Gasteiger partial charge is 0.246 e. The Labute approximate surface area is 164 Å². The first kappa shape index (κ1) is 20.5. The number of halogens is 1. The summed E-state index contributed by atoms with van der Waals surface area (Å²) in [5.74, 6) is -0.512. The Bertz CT molecular complexity index is 915. The fourth-order valence-corrected chi connectivity index (χ4v) is 5.13. The molecule has 9 heteroatoms. The summed E-state index contributed by atoms with van der Waals surface area (Å²) in [6.07, 6.45) is 2.50. The maximum atomic E-state index is 14.0. The van der Waals surface area contributed by atoms with Gasteiger partial charge in [0.25, 0.3) is 0 Å². The van der Waals surface area contributed by atoms with E-state index in [0.717, 1.165) is 10.4 Å². The summed E-state index contributed by atoms with van der Waals surface area (Å²) >= 11 is 0. The average Bonchev–Trinajstić information content (AvgIpc) is 3.34. The molecule has 0 saturated carbocycles. The zero-order valence-electron chi connectivity index (χ0n) is 15.8. The Hall–Kier alpha value is -2.23. The molecule has 28 heavy (non-hydrogen) atoms. The number of hydrogen-bond donors (Lipinski definition) is 1. The van der Waals surface area contributed by atoms with Crippen molar-refractivity contribution in [2.24, 2.45) is 0 Å². The third kappa shape index (κ3) is 4.11. The first-order valence-corrected chi connectivity index (χ1v) is 10.5. The van der Waals surface area contributed by atoms with Crippen molar-refractivity contribution in [1.29, 1.82) is 0 Å². The zero-order valence-corrected chi connectivity index (χ0v) is 16.7. The van der Waals surface area contributed by atoms with Gasteiger partial charge in [0.2, 0.25) is 15.9 Å². The molecule has 1 N–H and O–H groups in total.